The number of rotatable bonds is 53. The summed E-state index contributed by atoms with van der Waals surface area (Å²) >= 11 is 0. The highest BCUT2D eigenvalue weighted by Gasteiger charge is 2.64. The second-order valence-corrected chi connectivity index (χ2v) is 43.4. The average Bonchev–Trinajstić information content (AvgIpc) is 0.749. The van der Waals surface area contributed by atoms with E-state index in [1.807, 2.05) is 0 Å². The molecule has 0 spiro atoms. The first-order valence-electron chi connectivity index (χ1n) is 38.8. The monoisotopic (exact) mass is 2410 g/mol. The van der Waals surface area contributed by atoms with Crippen LogP contribution in [0.2, 0.25) is 0 Å². The molecule has 0 aromatic heterocycles. The minimum Gasteiger partial charge on any atom is -0.502 e. The van der Waals surface area contributed by atoms with Gasteiger partial charge in [0.1, 0.15) is 140 Å². The van der Waals surface area contributed by atoms with Crippen LogP contribution < -0.4 is 17.2 Å². The van der Waals surface area contributed by atoms with Gasteiger partial charge in [0.15, 0.2) is 80.3 Å². The summed E-state index contributed by atoms with van der Waals surface area (Å²) in [6.07, 6.45) is -118. The molecule has 862 valence electrons. The Kier molecular flexibility index (Phi) is 44.2. The fraction of sp³-hybridized carbons (Fsp3) is 0.907. The second kappa shape index (κ2) is 50.3. The van der Waals surface area contributed by atoms with Crippen molar-refractivity contribution in [2.45, 2.75) is 272 Å². The van der Waals surface area contributed by atoms with Crippen LogP contribution in [0.4, 0.5) is 0 Å². The van der Waals surface area contributed by atoms with E-state index in [9.17, 15) is 231 Å². The van der Waals surface area contributed by atoms with E-state index in [0.717, 1.165) is 6.92 Å². The molecule has 7 rings (SSSR count). The summed E-state index contributed by atoms with van der Waals surface area (Å²) in [5.74, 6) is -9.87. The predicted octanol–water partition coefficient (Wildman–Crippen LogP) is -18.5. The normalized spacial score (nSPS) is 36.7. The maximum atomic E-state index is 14.2. The molecule has 7 aliphatic rings. The lowest BCUT2D eigenvalue weighted by Gasteiger charge is -2.51. The van der Waals surface area contributed by atoms with Crippen molar-refractivity contribution in [2.75, 3.05) is 33.0 Å². The third kappa shape index (κ3) is 39.0. The van der Waals surface area contributed by atoms with E-state index in [-0.39, 0.29) is 6.08 Å². The molecule has 0 aromatic carbocycles. The maximum Gasteiger partial charge on any atom is 0.397 e. The Labute approximate surface area is 825 Å². The van der Waals surface area contributed by atoms with Gasteiger partial charge < -0.3 is 150 Å². The van der Waals surface area contributed by atoms with E-state index in [0.29, 0.717) is 13.8 Å². The molecule has 7 heterocycles. The van der Waals surface area contributed by atoms with Crippen LogP contribution in [0.15, 0.2) is 11.8 Å². The first-order chi connectivity index (χ1) is 66.5. The number of aliphatic carboxylic acids is 3. The Morgan fingerprint density at radius 3 is 0.980 bits per heavy atom. The quantitative estimate of drug-likeness (QED) is 0.0153. The Morgan fingerprint density at radius 1 is 0.327 bits per heavy atom. The molecule has 7 fully saturated rings. The van der Waals surface area contributed by atoms with Gasteiger partial charge in [0.05, 0.1) is 69.5 Å². The zero-order valence-corrected chi connectivity index (χ0v) is 82.0. The molecule has 7 saturated heterocycles. The zero-order valence-electron chi connectivity index (χ0n) is 72.2. The lowest BCUT2D eigenvalue weighted by Crippen LogP contribution is -2.71. The van der Waals surface area contributed by atoms with Gasteiger partial charge in [-0.3, -0.25) is 54.6 Å². The number of hydrogen-bond donors (Lipinski definition) is 27. The zero-order chi connectivity index (χ0) is 112. The van der Waals surface area contributed by atoms with Crippen molar-refractivity contribution in [3.63, 3.8) is 0 Å². The van der Waals surface area contributed by atoms with Gasteiger partial charge in [0, 0.05) is 0 Å². The van der Waals surface area contributed by atoms with E-state index in [1.165, 1.54) is 0 Å². The van der Waals surface area contributed by atoms with Gasteiger partial charge in [0.25, 0.3) is 0 Å². The Morgan fingerprint density at radius 2 is 0.639 bits per heavy atom. The van der Waals surface area contributed by atoms with E-state index >= 15 is 0 Å². The summed E-state index contributed by atoms with van der Waals surface area (Å²) in [5, 5.41) is 136. The molecule has 81 nitrogen and oxygen atoms in total. The van der Waals surface area contributed by atoms with Crippen molar-refractivity contribution in [1.82, 2.24) is 0 Å². The van der Waals surface area contributed by atoms with Crippen molar-refractivity contribution in [1.29, 1.82) is 0 Å². The number of nitrogens with two attached hydrogens (primary N) is 3. The van der Waals surface area contributed by atoms with Crippen molar-refractivity contribution in [3.05, 3.63) is 11.8 Å². The van der Waals surface area contributed by atoms with Crippen molar-refractivity contribution < 1.29 is 353 Å². The second-order valence-electron chi connectivity index (χ2n) is 30.7. The van der Waals surface area contributed by atoms with Crippen LogP contribution in [0, 0.1) is 0 Å². The van der Waals surface area contributed by atoms with Gasteiger partial charge in [-0.2, -0.15) is 101 Å². The molecule has 93 heteroatoms. The standard InChI is InChI=1S/C54H91N3O78S12/c1-10-27(127-139(82,83)84)22(62)38(133-145(100,101)102)52(113-10)116-17(4-14(59)45(67)68)15(60)6-109-34-20(56)48(117-18(8-111-137(76,77)78)32(34)131-143(94,95)96)123-41-37(122-54-40(135-147(106,107)108)24(64)29(12(3)115-54)129-141(88,89)90)26(66)51(126-44(41)47(71)72)120-35-21(57)49(118-19(9-112-138(79,80)81)33(35)132-144(97,98)99)124-42-36(121-53-39(134-146(103,104)105)23(63)28(11(2)114-53)128-140(85,86)87)25(65)50(125-43(42)46(69)70)119-30(13(55)5-58)31(130-142(91,92)93)16(61)7-110-136(73,74)75/h4,10-13,15-44,48-54,58-66H,5-9,55-57H2,1-3H3,(H,67,68)(H,69,70)(H,71,72)(H,73,74,75)(H,76,77,78)(H,79,80,81)(H,82,83,84)(H,85,86,87)(H,88,89,90)(H,91,92,93)(H,94,95,96)(H,97,98,99)(H,100,101,102)(H,103,104,105)(H,106,107,108)/b14-4-/t10?,11?,12?,13?,15?,16?,17-,18?,19?,20?,21?,22-,23-,24-,25-,26-,27+,28+,29+,30+,31-,32-,33-,34+,35+,36?,37?,38?,39?,40?,41-,42-,43?,44?,48-,49-,50+,51-,52-,53-,54-/m0/s1. The van der Waals surface area contributed by atoms with Gasteiger partial charge in [-0.1, -0.05) is 0 Å². The van der Waals surface area contributed by atoms with Crippen LogP contribution in [0.25, 0.3) is 0 Å². The smallest absolute Gasteiger partial charge is 0.397 e. The largest absolute Gasteiger partial charge is 0.502 e. The van der Waals surface area contributed by atoms with Gasteiger partial charge in [0.2, 0.25) is 0 Å². The van der Waals surface area contributed by atoms with Gasteiger partial charge in [-0.25, -0.2) is 64.6 Å². The maximum absolute atomic E-state index is 14.2. The van der Waals surface area contributed by atoms with E-state index in [4.69, 9.17) is 88.3 Å². The number of carbonyl (C=O) groups is 3. The molecule has 0 radical (unpaired) electrons. The summed E-state index contributed by atoms with van der Waals surface area (Å²) in [5.41, 5.74) is 19.1. The van der Waals surface area contributed by atoms with Gasteiger partial charge in [-0.05, 0) is 26.8 Å². The molecule has 0 saturated carbocycles. The lowest BCUT2D eigenvalue weighted by molar-refractivity contribution is -0.390. The molecule has 30 N–H and O–H groups in total. The SMILES string of the molecule is CC1O[C@@H](OC2[C@H](O[C@@H]3OC(COS(=O)(=O)O)[C@H](OS(=O)(=O)O)[C@H](OCC(O)[C@H](/C=C(\O)C(=O)O)O[C@@H]4OC(C)[C@@H](OS(=O)(=O)O)[C@H](O)C4OS(=O)(=O)O)C3N)C(C(=O)O)O[C@H](O[C@@H]3C(N)[C@H](O[C@@H]4C(C(=O)O)O[C@@H](O[C@H](C(N)CO)[C@@H](OS(=O)(=O)O)C(O)COS(=O)(=O)O)[C@@H](O)C4O[C@@H]4OC(C)[C@@H](OS(=O)(=O)O)[C@H](O)C4OS(=O)(=O)O)OC(COS(=O)(=O)O)[C@@H]3OS(=O)(=O)O)[C@H]2O)C(OS(=O)(=O)O)[C@@H](O)[C@@H]1OS(=O)(=O)O. The number of aliphatic hydroxyl groups is 9. The summed E-state index contributed by atoms with van der Waals surface area (Å²) in [6.45, 7) is -7.89. The predicted molar refractivity (Wildman–Crippen MR) is 428 cm³/mol. The van der Waals surface area contributed by atoms with Crippen LogP contribution >= 0.6 is 0 Å². The summed E-state index contributed by atoms with van der Waals surface area (Å²) < 4.78 is 550. The molecule has 41 atom stereocenters. The molecule has 0 amide bonds. The molecule has 0 bridgehead atoms. The topological polar surface area (TPSA) is 1270 Å². The van der Waals surface area contributed by atoms with Crippen molar-refractivity contribution in [3.8, 4) is 0 Å². The molecule has 147 heavy (non-hydrogen) atoms. The Hall–Kier alpha value is -4.65. The first kappa shape index (κ1) is 129. The summed E-state index contributed by atoms with van der Waals surface area (Å²) in [6, 6.07) is -8.64. The average molecular weight is 2420 g/mol. The number of carboxylic acid groups (broad SMARTS) is 3. The van der Waals surface area contributed by atoms with Crippen molar-refractivity contribution in [2.24, 2.45) is 17.2 Å². The van der Waals surface area contributed by atoms with Gasteiger partial charge in [-0.15, -0.1) is 0 Å². The van der Waals surface area contributed by atoms with E-state index < -0.39 is 433 Å². The highest BCUT2D eigenvalue weighted by molar-refractivity contribution is 7.83. The lowest BCUT2D eigenvalue weighted by atomic mass is 9.93. The minimum atomic E-state index is -6.52. The first-order valence-corrected chi connectivity index (χ1v) is 55.2. The third-order valence-electron chi connectivity index (χ3n) is 20.2. The molecule has 7 aliphatic heterocycles. The highest BCUT2D eigenvalue weighted by atomic mass is 32.3. The van der Waals surface area contributed by atoms with Crippen LogP contribution in [0.5, 0.6) is 0 Å². The molecule has 0 aromatic rings. The van der Waals surface area contributed by atoms with Crippen molar-refractivity contribution >= 4 is 143 Å². The summed E-state index contributed by atoms with van der Waals surface area (Å²) in [4.78, 5) is 40.2. The van der Waals surface area contributed by atoms with Crippen LogP contribution in [0.1, 0.15) is 20.8 Å². The number of carboxylic acids is 3. The fourth-order valence-corrected chi connectivity index (χ4v) is 20.0. The fourth-order valence-electron chi connectivity index (χ4n) is 14.4. The number of ether oxygens (including phenoxy) is 15. The Balaban J connectivity index is 1.47. The number of hydrogen-bond acceptors (Lipinski definition) is 66. The molecular formula is C54H91N3O78S12. The van der Waals surface area contributed by atoms with Crippen LogP contribution in [0.3, 0.4) is 0 Å². The molecule has 17 unspecified atom stereocenters. The van der Waals surface area contributed by atoms with E-state index in [1.54, 1.807) is 0 Å². The number of aliphatic hydroxyl groups excluding tert-OH is 9. The Bertz CT molecular complexity index is 6010. The van der Waals surface area contributed by atoms with Crippen LogP contribution in [-0.2, 0) is 260 Å². The highest BCUT2D eigenvalue weighted by Crippen LogP contribution is 2.43. The van der Waals surface area contributed by atoms with Crippen LogP contribution in [-0.4, -0.2) is 519 Å². The van der Waals surface area contributed by atoms with E-state index in [2.05, 4.69) is 50.2 Å². The third-order valence-corrected chi connectivity index (χ3v) is 25.7. The summed E-state index contributed by atoms with van der Waals surface area (Å²) in [7, 11) is -73.3. The van der Waals surface area contributed by atoms with Gasteiger partial charge >= 0.3 is 143 Å². The minimum absolute atomic E-state index is 0.117. The molecular weight excluding hydrogens is 2320 g/mol. The molecule has 0 aliphatic carbocycles.